The standard InChI is InChI=1S/C15H18O7/c1-10(16)21-8-12(17)9-22-15(19)6-4-11-3-5-13(18)14(7-11)20-2/h3-7,12,17-18H,8-9H2,1-2H3. The molecule has 0 radical (unpaired) electrons. The lowest BCUT2D eigenvalue weighted by Gasteiger charge is -2.09. The number of esters is 2. The van der Waals surface area contributed by atoms with E-state index in [9.17, 15) is 19.8 Å². The van der Waals surface area contributed by atoms with Crippen molar-refractivity contribution in [1.29, 1.82) is 0 Å². The molecule has 0 aliphatic carbocycles. The third-order valence-corrected chi connectivity index (χ3v) is 2.51. The van der Waals surface area contributed by atoms with E-state index in [1.54, 1.807) is 12.1 Å². The van der Waals surface area contributed by atoms with Crippen molar-refractivity contribution >= 4 is 18.0 Å². The van der Waals surface area contributed by atoms with Gasteiger partial charge in [-0.1, -0.05) is 6.07 Å². The minimum absolute atomic E-state index is 0.00387. The van der Waals surface area contributed by atoms with E-state index in [1.165, 1.54) is 32.3 Å². The lowest BCUT2D eigenvalue weighted by Crippen LogP contribution is -2.24. The second-order valence-electron chi connectivity index (χ2n) is 4.35. The van der Waals surface area contributed by atoms with Crippen LogP contribution in [0.4, 0.5) is 0 Å². The molecule has 7 heteroatoms. The highest BCUT2D eigenvalue weighted by atomic mass is 16.6. The van der Waals surface area contributed by atoms with E-state index in [1.807, 2.05) is 0 Å². The summed E-state index contributed by atoms with van der Waals surface area (Å²) >= 11 is 0. The Morgan fingerprint density at radius 3 is 2.59 bits per heavy atom. The Morgan fingerprint density at radius 1 is 1.27 bits per heavy atom. The Labute approximate surface area is 127 Å². The molecule has 0 spiro atoms. The fraction of sp³-hybridized carbons (Fsp3) is 0.333. The van der Waals surface area contributed by atoms with Crippen molar-refractivity contribution < 1.29 is 34.0 Å². The zero-order valence-corrected chi connectivity index (χ0v) is 12.3. The van der Waals surface area contributed by atoms with Crippen LogP contribution in [0.3, 0.4) is 0 Å². The van der Waals surface area contributed by atoms with E-state index in [2.05, 4.69) is 4.74 Å². The number of hydrogen-bond acceptors (Lipinski definition) is 7. The quantitative estimate of drug-likeness (QED) is 0.569. The van der Waals surface area contributed by atoms with E-state index in [0.29, 0.717) is 5.56 Å². The Morgan fingerprint density at radius 2 is 1.95 bits per heavy atom. The molecule has 1 atom stereocenters. The highest BCUT2D eigenvalue weighted by molar-refractivity contribution is 5.87. The number of carbonyl (C=O) groups is 2. The summed E-state index contributed by atoms with van der Waals surface area (Å²) < 4.78 is 14.3. The summed E-state index contributed by atoms with van der Waals surface area (Å²) in [6.45, 7) is 0.699. The molecule has 0 heterocycles. The molecule has 7 nitrogen and oxygen atoms in total. The number of benzene rings is 1. The zero-order chi connectivity index (χ0) is 16.5. The number of rotatable bonds is 7. The molecular weight excluding hydrogens is 292 g/mol. The van der Waals surface area contributed by atoms with E-state index in [4.69, 9.17) is 9.47 Å². The first kappa shape index (κ1) is 17.5. The number of aliphatic hydroxyl groups excluding tert-OH is 1. The van der Waals surface area contributed by atoms with Gasteiger partial charge in [0.25, 0.3) is 0 Å². The second-order valence-corrected chi connectivity index (χ2v) is 4.35. The van der Waals surface area contributed by atoms with Crippen molar-refractivity contribution in [2.24, 2.45) is 0 Å². The number of phenolic OH excluding ortho intramolecular Hbond substituents is 1. The molecule has 22 heavy (non-hydrogen) atoms. The predicted molar refractivity (Wildman–Crippen MR) is 77.3 cm³/mol. The van der Waals surface area contributed by atoms with E-state index < -0.39 is 18.0 Å². The Bertz CT molecular complexity index is 551. The third kappa shape index (κ3) is 6.27. The van der Waals surface area contributed by atoms with Gasteiger partial charge in [0.1, 0.15) is 19.3 Å². The maximum atomic E-state index is 11.5. The highest BCUT2D eigenvalue weighted by Gasteiger charge is 2.09. The van der Waals surface area contributed by atoms with Gasteiger partial charge in [0.05, 0.1) is 7.11 Å². The summed E-state index contributed by atoms with van der Waals surface area (Å²) in [6, 6.07) is 4.58. The molecule has 0 saturated heterocycles. The molecule has 1 aromatic carbocycles. The molecule has 1 rings (SSSR count). The van der Waals surface area contributed by atoms with Crippen molar-refractivity contribution in [2.45, 2.75) is 13.0 Å². The molecule has 1 unspecified atom stereocenters. The lowest BCUT2D eigenvalue weighted by atomic mass is 10.2. The topological polar surface area (TPSA) is 102 Å². The Hall–Kier alpha value is -2.54. The van der Waals surface area contributed by atoms with Crippen LogP contribution in [0.1, 0.15) is 12.5 Å². The van der Waals surface area contributed by atoms with Crippen LogP contribution in [-0.2, 0) is 19.1 Å². The molecule has 0 amide bonds. The fourth-order valence-corrected chi connectivity index (χ4v) is 1.45. The molecule has 120 valence electrons. The van der Waals surface area contributed by atoms with Gasteiger partial charge in [0.15, 0.2) is 11.5 Å². The van der Waals surface area contributed by atoms with Crippen molar-refractivity contribution in [2.75, 3.05) is 20.3 Å². The van der Waals surface area contributed by atoms with Gasteiger partial charge < -0.3 is 24.4 Å². The summed E-state index contributed by atoms with van der Waals surface area (Å²) in [5, 5.41) is 18.9. The monoisotopic (exact) mass is 310 g/mol. The number of methoxy groups -OCH3 is 1. The average molecular weight is 310 g/mol. The van der Waals surface area contributed by atoms with Gasteiger partial charge in [-0.3, -0.25) is 4.79 Å². The Balaban J connectivity index is 2.46. The van der Waals surface area contributed by atoms with Crippen LogP contribution in [0, 0.1) is 0 Å². The Kier molecular flexibility index (Phi) is 6.91. The van der Waals surface area contributed by atoms with Crippen molar-refractivity contribution in [3.63, 3.8) is 0 Å². The van der Waals surface area contributed by atoms with Gasteiger partial charge >= 0.3 is 11.9 Å². The smallest absolute Gasteiger partial charge is 0.330 e. The summed E-state index contributed by atoms with van der Waals surface area (Å²) in [6.07, 6.45) is 1.57. The summed E-state index contributed by atoms with van der Waals surface area (Å²) in [5.41, 5.74) is 0.632. The third-order valence-electron chi connectivity index (χ3n) is 2.51. The van der Waals surface area contributed by atoms with Crippen LogP contribution < -0.4 is 4.74 Å². The van der Waals surface area contributed by atoms with Gasteiger partial charge in [0.2, 0.25) is 0 Å². The summed E-state index contributed by atoms with van der Waals surface area (Å²) in [4.78, 5) is 22.0. The zero-order valence-electron chi connectivity index (χ0n) is 12.3. The molecule has 0 aliphatic heterocycles. The van der Waals surface area contributed by atoms with Crippen LogP contribution in [0.2, 0.25) is 0 Å². The van der Waals surface area contributed by atoms with Crippen LogP contribution in [0.5, 0.6) is 11.5 Å². The SMILES string of the molecule is COc1cc(C=CC(=O)OCC(O)COC(C)=O)ccc1O. The van der Waals surface area contributed by atoms with Gasteiger partial charge in [-0.05, 0) is 23.8 Å². The molecule has 0 saturated carbocycles. The largest absolute Gasteiger partial charge is 0.504 e. The number of phenols is 1. The predicted octanol–water partition coefficient (Wildman–Crippen LogP) is 0.881. The second kappa shape index (κ2) is 8.68. The first-order chi connectivity index (χ1) is 10.4. The normalized spacial score (nSPS) is 12.0. The van der Waals surface area contributed by atoms with E-state index >= 15 is 0 Å². The minimum Gasteiger partial charge on any atom is -0.504 e. The van der Waals surface area contributed by atoms with Gasteiger partial charge in [-0.15, -0.1) is 0 Å². The molecule has 1 aromatic rings. The summed E-state index contributed by atoms with van der Waals surface area (Å²) in [5.74, 6) is -0.899. The van der Waals surface area contributed by atoms with E-state index in [0.717, 1.165) is 0 Å². The van der Waals surface area contributed by atoms with Gasteiger partial charge in [-0.25, -0.2) is 4.79 Å². The number of aromatic hydroxyl groups is 1. The van der Waals surface area contributed by atoms with Gasteiger partial charge in [-0.2, -0.15) is 0 Å². The maximum Gasteiger partial charge on any atom is 0.330 e. The highest BCUT2D eigenvalue weighted by Crippen LogP contribution is 2.26. The molecular formula is C15H18O7. The van der Waals surface area contributed by atoms with Crippen LogP contribution in [0.15, 0.2) is 24.3 Å². The van der Waals surface area contributed by atoms with Crippen molar-refractivity contribution in [3.8, 4) is 11.5 Å². The van der Waals surface area contributed by atoms with Crippen LogP contribution in [-0.4, -0.2) is 48.6 Å². The average Bonchev–Trinajstić information content (AvgIpc) is 2.49. The number of aliphatic hydroxyl groups is 1. The van der Waals surface area contributed by atoms with Crippen LogP contribution in [0.25, 0.3) is 6.08 Å². The molecule has 0 fully saturated rings. The molecule has 0 aromatic heterocycles. The minimum atomic E-state index is -1.07. The van der Waals surface area contributed by atoms with E-state index in [-0.39, 0.29) is 24.7 Å². The molecule has 0 bridgehead atoms. The van der Waals surface area contributed by atoms with Crippen molar-refractivity contribution in [1.82, 2.24) is 0 Å². The number of ether oxygens (including phenoxy) is 3. The number of carbonyl (C=O) groups excluding carboxylic acids is 2. The maximum absolute atomic E-state index is 11.5. The molecule has 0 aliphatic rings. The fourth-order valence-electron chi connectivity index (χ4n) is 1.45. The first-order valence-corrected chi connectivity index (χ1v) is 6.45. The summed E-state index contributed by atoms with van der Waals surface area (Å²) in [7, 11) is 1.42. The van der Waals surface area contributed by atoms with Crippen molar-refractivity contribution in [3.05, 3.63) is 29.8 Å². The van der Waals surface area contributed by atoms with Gasteiger partial charge in [0, 0.05) is 13.0 Å². The first-order valence-electron chi connectivity index (χ1n) is 6.45. The number of hydrogen-bond donors (Lipinski definition) is 2. The lowest BCUT2D eigenvalue weighted by molar-refractivity contribution is -0.148. The van der Waals surface area contributed by atoms with Crippen LogP contribution >= 0.6 is 0 Å². The molecule has 2 N–H and O–H groups in total.